The molecule has 0 saturated heterocycles. The van der Waals surface area contributed by atoms with Gasteiger partial charge in [-0.25, -0.2) is 4.98 Å². The molecule has 2 aliphatic rings. The second kappa shape index (κ2) is 3.68. The van der Waals surface area contributed by atoms with Crippen molar-refractivity contribution in [2.45, 2.75) is 44.2 Å². The van der Waals surface area contributed by atoms with Crippen molar-refractivity contribution in [2.75, 3.05) is 4.90 Å². The number of pyridine rings is 1. The second-order valence-electron chi connectivity index (χ2n) is 5.50. The molecule has 1 aromatic heterocycles. The summed E-state index contributed by atoms with van der Waals surface area (Å²) in [6.07, 6.45) is 3.59. The smallest absolute Gasteiger partial charge is 0.228 e. The van der Waals surface area contributed by atoms with Gasteiger partial charge in [0.1, 0.15) is 11.6 Å². The summed E-state index contributed by atoms with van der Waals surface area (Å²) in [5.74, 6) is 0.828. The van der Waals surface area contributed by atoms with E-state index in [0.29, 0.717) is 31.5 Å². The fraction of sp³-hybridized carbons (Fsp3) is 0.538. The molecule has 0 radical (unpaired) electrons. The van der Waals surface area contributed by atoms with Gasteiger partial charge in [-0.15, -0.1) is 0 Å². The van der Waals surface area contributed by atoms with Gasteiger partial charge in [-0.05, 0) is 37.8 Å². The number of carbonyl (C=O) groups is 1. The number of fused-ring (bicyclic) bond motifs is 1. The predicted molar refractivity (Wildman–Crippen MR) is 65.4 cm³/mol. The molecular formula is C13H16N2O3. The molecule has 96 valence electrons. The van der Waals surface area contributed by atoms with Crippen LogP contribution in [0.5, 0.6) is 5.75 Å². The Morgan fingerprint density at radius 3 is 2.83 bits per heavy atom. The van der Waals surface area contributed by atoms with Crippen LogP contribution in [0.4, 0.5) is 5.82 Å². The van der Waals surface area contributed by atoms with E-state index in [1.54, 1.807) is 17.9 Å². The molecule has 1 saturated carbocycles. The lowest BCUT2D eigenvalue weighted by atomic mass is 9.75. The molecule has 18 heavy (non-hydrogen) atoms. The summed E-state index contributed by atoms with van der Waals surface area (Å²) in [5.41, 5.74) is 0.237. The number of amides is 1. The van der Waals surface area contributed by atoms with Crippen LogP contribution < -0.4 is 4.90 Å². The fourth-order valence-corrected chi connectivity index (χ4v) is 2.89. The third-order valence-corrected chi connectivity index (χ3v) is 3.75. The maximum Gasteiger partial charge on any atom is 0.228 e. The zero-order valence-corrected chi connectivity index (χ0v) is 10.3. The Hall–Kier alpha value is -1.62. The van der Waals surface area contributed by atoms with Gasteiger partial charge in [-0.1, -0.05) is 0 Å². The van der Waals surface area contributed by atoms with E-state index in [1.807, 2.05) is 0 Å². The van der Waals surface area contributed by atoms with Crippen LogP contribution in [0.15, 0.2) is 12.3 Å². The molecule has 2 N–H and O–H groups in total. The summed E-state index contributed by atoms with van der Waals surface area (Å²) in [4.78, 5) is 17.9. The first-order valence-electron chi connectivity index (χ1n) is 6.19. The molecule has 5 nitrogen and oxygen atoms in total. The highest BCUT2D eigenvalue weighted by Gasteiger charge is 2.45. The normalized spacial score (nSPS) is 30.9. The van der Waals surface area contributed by atoms with Crippen LogP contribution in [0.3, 0.4) is 0 Å². The second-order valence-corrected chi connectivity index (χ2v) is 5.50. The van der Waals surface area contributed by atoms with Gasteiger partial charge in [0.15, 0.2) is 0 Å². The molecule has 1 aromatic rings. The van der Waals surface area contributed by atoms with Crippen molar-refractivity contribution < 1.29 is 15.0 Å². The lowest BCUT2D eigenvalue weighted by molar-refractivity contribution is -0.121. The van der Waals surface area contributed by atoms with Crippen molar-refractivity contribution in [3.05, 3.63) is 17.8 Å². The average molecular weight is 248 g/mol. The van der Waals surface area contributed by atoms with Crippen molar-refractivity contribution in [1.82, 2.24) is 4.98 Å². The Morgan fingerprint density at radius 2 is 2.17 bits per heavy atom. The highest BCUT2D eigenvalue weighted by atomic mass is 16.3. The van der Waals surface area contributed by atoms with Gasteiger partial charge in [0.05, 0.1) is 11.8 Å². The largest absolute Gasteiger partial charge is 0.506 e. The first kappa shape index (κ1) is 11.5. The van der Waals surface area contributed by atoms with E-state index in [9.17, 15) is 15.0 Å². The van der Waals surface area contributed by atoms with E-state index >= 15 is 0 Å². The van der Waals surface area contributed by atoms with Crippen LogP contribution >= 0.6 is 0 Å². The van der Waals surface area contributed by atoms with Crippen LogP contribution in [-0.4, -0.2) is 32.7 Å². The van der Waals surface area contributed by atoms with Crippen LogP contribution in [0.2, 0.25) is 0 Å². The molecule has 1 aliphatic carbocycles. The molecule has 1 fully saturated rings. The van der Waals surface area contributed by atoms with Crippen LogP contribution in [0, 0.1) is 0 Å². The Kier molecular flexibility index (Phi) is 2.35. The quantitative estimate of drug-likeness (QED) is 0.777. The number of hydrogen-bond acceptors (Lipinski definition) is 4. The van der Waals surface area contributed by atoms with Gasteiger partial charge in [-0.2, -0.15) is 0 Å². The third kappa shape index (κ3) is 1.75. The molecule has 0 atom stereocenters. The predicted octanol–water partition coefficient (Wildman–Crippen LogP) is 0.980. The topological polar surface area (TPSA) is 73.7 Å². The van der Waals surface area contributed by atoms with Crippen LogP contribution in [0.1, 0.15) is 31.7 Å². The maximum atomic E-state index is 12.0. The lowest BCUT2D eigenvalue weighted by Crippen LogP contribution is -2.57. The number of aromatic hydroxyl groups is 1. The minimum atomic E-state index is -0.667. The maximum absolute atomic E-state index is 12.0. The SMILES string of the molecule is C[C@]1(O)C[C@@H](N2C(=O)CCc3cc(O)cnc32)C1. The standard InChI is InChI=1S/C13H16N2O3/c1-13(18)5-9(6-13)15-11(17)3-2-8-4-10(16)7-14-12(8)15/h4,7,9,16,18H,2-3,5-6H2,1H3/t9-,13+. The Bertz CT molecular complexity index is 505. The number of nitrogens with zero attached hydrogens (tertiary/aromatic N) is 2. The summed E-state index contributed by atoms with van der Waals surface area (Å²) < 4.78 is 0. The molecule has 1 aliphatic heterocycles. The number of rotatable bonds is 1. The Labute approximate surface area is 105 Å². The minimum absolute atomic E-state index is 0.0311. The Morgan fingerprint density at radius 1 is 1.44 bits per heavy atom. The zero-order chi connectivity index (χ0) is 12.9. The van der Waals surface area contributed by atoms with Crippen molar-refractivity contribution >= 4 is 11.7 Å². The molecule has 0 bridgehead atoms. The van der Waals surface area contributed by atoms with Gasteiger partial charge in [0, 0.05) is 12.5 Å². The minimum Gasteiger partial charge on any atom is -0.506 e. The average Bonchev–Trinajstić information content (AvgIpc) is 2.26. The molecule has 5 heteroatoms. The van der Waals surface area contributed by atoms with Gasteiger partial charge in [0.2, 0.25) is 5.91 Å². The number of aromatic nitrogens is 1. The Balaban J connectivity index is 1.93. The number of hydrogen-bond donors (Lipinski definition) is 2. The van der Waals surface area contributed by atoms with Gasteiger partial charge in [0.25, 0.3) is 0 Å². The summed E-state index contributed by atoms with van der Waals surface area (Å²) in [6, 6.07) is 1.70. The van der Waals surface area contributed by atoms with Crippen molar-refractivity contribution in [3.63, 3.8) is 0 Å². The molecule has 1 amide bonds. The fourth-order valence-electron chi connectivity index (χ4n) is 2.89. The van der Waals surface area contributed by atoms with Crippen LogP contribution in [0.25, 0.3) is 0 Å². The first-order chi connectivity index (χ1) is 8.46. The van der Waals surface area contributed by atoms with E-state index < -0.39 is 5.60 Å². The van der Waals surface area contributed by atoms with E-state index in [0.717, 1.165) is 5.56 Å². The van der Waals surface area contributed by atoms with E-state index in [4.69, 9.17) is 0 Å². The number of carbonyl (C=O) groups excluding carboxylic acids is 1. The van der Waals surface area contributed by atoms with Gasteiger partial charge < -0.3 is 10.2 Å². The monoisotopic (exact) mass is 248 g/mol. The molecule has 0 spiro atoms. The summed E-state index contributed by atoms with van der Waals surface area (Å²) in [6.45, 7) is 1.78. The zero-order valence-electron chi connectivity index (χ0n) is 10.3. The number of aliphatic hydroxyl groups is 1. The molecule has 0 unspecified atom stereocenters. The number of aryl methyl sites for hydroxylation is 1. The highest BCUT2D eigenvalue weighted by molar-refractivity contribution is 5.96. The van der Waals surface area contributed by atoms with Crippen molar-refractivity contribution in [2.24, 2.45) is 0 Å². The number of anilines is 1. The van der Waals surface area contributed by atoms with E-state index in [2.05, 4.69) is 4.98 Å². The van der Waals surface area contributed by atoms with Crippen molar-refractivity contribution in [1.29, 1.82) is 0 Å². The summed E-state index contributed by atoms with van der Waals surface area (Å²) in [5, 5.41) is 19.2. The summed E-state index contributed by atoms with van der Waals surface area (Å²) >= 11 is 0. The third-order valence-electron chi connectivity index (χ3n) is 3.75. The lowest BCUT2D eigenvalue weighted by Gasteiger charge is -2.47. The summed E-state index contributed by atoms with van der Waals surface area (Å²) in [7, 11) is 0. The van der Waals surface area contributed by atoms with Gasteiger partial charge in [-0.3, -0.25) is 9.69 Å². The van der Waals surface area contributed by atoms with Crippen LogP contribution in [-0.2, 0) is 11.2 Å². The molecular weight excluding hydrogens is 232 g/mol. The van der Waals surface area contributed by atoms with E-state index in [1.165, 1.54) is 6.20 Å². The molecule has 0 aromatic carbocycles. The molecule has 2 heterocycles. The van der Waals surface area contributed by atoms with Gasteiger partial charge >= 0.3 is 0 Å². The van der Waals surface area contributed by atoms with E-state index in [-0.39, 0.29) is 17.7 Å². The molecule has 3 rings (SSSR count). The highest BCUT2D eigenvalue weighted by Crippen LogP contribution is 2.40. The van der Waals surface area contributed by atoms with Crippen molar-refractivity contribution in [3.8, 4) is 5.75 Å². The first-order valence-corrected chi connectivity index (χ1v) is 6.19.